The molecule has 1 saturated heterocycles. The molecule has 0 unspecified atom stereocenters. The number of hydrogen-bond acceptors (Lipinski definition) is 7. The molecule has 10 heteroatoms. The van der Waals surface area contributed by atoms with Crippen molar-refractivity contribution in [3.05, 3.63) is 215 Å². The molecule has 1 fully saturated rings. The van der Waals surface area contributed by atoms with Crippen molar-refractivity contribution in [2.45, 2.75) is 184 Å². The van der Waals surface area contributed by atoms with Gasteiger partial charge in [0.15, 0.2) is 0 Å². The molecule has 8 aromatic carbocycles. The molecule has 0 bridgehead atoms. The lowest BCUT2D eigenvalue weighted by Gasteiger charge is -2.32. The number of phosphoric acid groups is 1. The number of aliphatic hydroxyl groups excluding tert-OH is 1. The number of aliphatic hydroxyl groups is 1. The molecule has 0 radical (unpaired) electrons. The van der Waals surface area contributed by atoms with E-state index in [0.29, 0.717) is 29.8 Å². The predicted octanol–water partition coefficient (Wildman–Crippen LogP) is 22.3. The number of benzene rings is 8. The van der Waals surface area contributed by atoms with Crippen molar-refractivity contribution in [1.82, 2.24) is 0 Å². The summed E-state index contributed by atoms with van der Waals surface area (Å²) < 4.78 is 39.1. The normalized spacial score (nSPS) is 14.7. The third-order valence-corrected chi connectivity index (χ3v) is 17.5. The molecule has 2 aliphatic heterocycles. The van der Waals surface area contributed by atoms with Gasteiger partial charge in [0.25, 0.3) is 0 Å². The van der Waals surface area contributed by atoms with E-state index in [1.54, 1.807) is 18.2 Å². The minimum Gasteiger partial charge on any atom is -0.403 e. The van der Waals surface area contributed by atoms with Gasteiger partial charge >= 0.3 is 14.9 Å². The van der Waals surface area contributed by atoms with Gasteiger partial charge in [0, 0.05) is 34.1 Å². The Morgan fingerprint density at radius 2 is 0.851 bits per heavy atom. The van der Waals surface area contributed by atoms with E-state index in [-0.39, 0.29) is 49.4 Å². The molecule has 0 spiro atoms. The average Bonchev–Trinajstić information content (AvgIpc) is 1.81. The van der Waals surface area contributed by atoms with E-state index < -0.39 is 13.9 Å². The summed E-state index contributed by atoms with van der Waals surface area (Å²) in [5.74, 6) is 2.21. The van der Waals surface area contributed by atoms with E-state index in [0.717, 1.165) is 78.7 Å². The number of fused-ring (bicyclic) bond motifs is 7. The fourth-order valence-electron chi connectivity index (χ4n) is 11.2. The van der Waals surface area contributed by atoms with Crippen LogP contribution in [-0.2, 0) is 13.9 Å². The molecular formula is C77H96BO8P. The van der Waals surface area contributed by atoms with Crippen LogP contribution in [0.3, 0.4) is 0 Å². The molecule has 0 saturated carbocycles. The first-order valence-electron chi connectivity index (χ1n) is 30.7. The first kappa shape index (κ1) is 69.3. The molecule has 8 aromatic rings. The molecular weight excluding hydrogens is 1090 g/mol. The maximum atomic E-state index is 14.7. The summed E-state index contributed by atoms with van der Waals surface area (Å²) in [7, 11) is -4.87. The highest BCUT2D eigenvalue weighted by Crippen LogP contribution is 2.63. The van der Waals surface area contributed by atoms with Crippen LogP contribution in [0.1, 0.15) is 216 Å². The molecule has 460 valence electrons. The number of allylic oxidation sites excluding steroid dienone is 1. The van der Waals surface area contributed by atoms with Crippen molar-refractivity contribution < 1.29 is 37.7 Å². The predicted molar refractivity (Wildman–Crippen MR) is 369 cm³/mol. The van der Waals surface area contributed by atoms with E-state index in [1.807, 2.05) is 66.7 Å². The molecule has 0 amide bonds. The average molecular weight is 1190 g/mol. The number of phosphoric ester groups is 1. The summed E-state index contributed by atoms with van der Waals surface area (Å²) >= 11 is 0. The van der Waals surface area contributed by atoms with Gasteiger partial charge in [0.05, 0.1) is 17.3 Å². The summed E-state index contributed by atoms with van der Waals surface area (Å²) in [4.78, 5) is 22.0. The molecule has 1 atom stereocenters. The smallest absolute Gasteiger partial charge is 0.403 e. The van der Waals surface area contributed by atoms with Gasteiger partial charge in [-0.3, -0.25) is 9.69 Å². The number of carbonyl (C=O) groups is 1. The fourth-order valence-corrected chi connectivity index (χ4v) is 12.1. The second-order valence-electron chi connectivity index (χ2n) is 25.6. The number of hydrogen-bond donors (Lipinski definition) is 2. The van der Waals surface area contributed by atoms with E-state index in [9.17, 15) is 19.4 Å². The summed E-state index contributed by atoms with van der Waals surface area (Å²) in [6, 6.07) is 49.0. The summed E-state index contributed by atoms with van der Waals surface area (Å²) in [5.41, 5.74) is 13.9. The minimum atomic E-state index is -4.75. The van der Waals surface area contributed by atoms with Crippen LogP contribution >= 0.6 is 7.82 Å². The van der Waals surface area contributed by atoms with Gasteiger partial charge in [0.2, 0.25) is 0 Å². The second kappa shape index (κ2) is 29.4. The number of aldehydes is 1. The number of carbonyl (C=O) groups excluding carboxylic acids is 1. The Kier molecular flexibility index (Phi) is 23.4. The molecule has 87 heavy (non-hydrogen) atoms. The van der Waals surface area contributed by atoms with Crippen LogP contribution in [0.2, 0.25) is 6.32 Å². The third kappa shape index (κ3) is 15.9. The largest absolute Gasteiger partial charge is 0.584 e. The zero-order valence-corrected chi connectivity index (χ0v) is 54.7. The SMILES string of the molecule is C.C=CCB1OC(C)(C)C(C)(C)O1.C=CC[C@@H](O)c1ccccc1.CC(C)c1cc(C(C)C)c(-c2cc3ccccc3c3c2OP(=O)(O)Oc2c(-c4c(C(C)C)cc(C(C)C)cc4C(C)C)cc4ccccc4c2-3)c(C(C)C)c1.O=Cc1ccccc1. The highest BCUT2D eigenvalue weighted by Gasteiger charge is 2.50. The Labute approximate surface area is 521 Å². The lowest BCUT2D eigenvalue weighted by Crippen LogP contribution is -2.41. The van der Waals surface area contributed by atoms with Crippen LogP contribution in [0.15, 0.2) is 171 Å². The molecule has 10 rings (SSSR count). The highest BCUT2D eigenvalue weighted by atomic mass is 31.2. The van der Waals surface area contributed by atoms with Crippen molar-refractivity contribution in [1.29, 1.82) is 0 Å². The van der Waals surface area contributed by atoms with Gasteiger partial charge < -0.3 is 23.5 Å². The van der Waals surface area contributed by atoms with Gasteiger partial charge in [-0.15, -0.1) is 13.2 Å². The maximum absolute atomic E-state index is 14.7. The van der Waals surface area contributed by atoms with Gasteiger partial charge in [-0.1, -0.05) is 236 Å². The van der Waals surface area contributed by atoms with E-state index in [4.69, 9.17) is 18.4 Å². The standard InChI is InChI=1S/C50H57O4P.C10H12O.C9H17BO2.C7H6O.CH4/c1-27(2)35-23-39(29(5)6)45(40(24-35)30(7)8)43-21-33-17-13-15-19-37(33)47-48-38-20-16-14-18-34(38)22-44(50(48)54-55(51,52)53-49(43)47)46-41(31(9)10)25-36(28(3)4)26-42(46)32(11)12;1-2-6-10(11)9-7-4-3-5-8-9;1-6-7-10-11-8(2,3)9(4,5)12-10;8-6-7-4-2-1-3-5-7;/h13-32H,1-12H3,(H,51,52);2-5,7-8,10-11H,1,6H2;6H,1,7H2,2-5H3;1-6H;1H4/t;10-;;;/m.1.../s1. The Hall–Kier alpha value is -6.84. The van der Waals surface area contributed by atoms with E-state index >= 15 is 0 Å². The van der Waals surface area contributed by atoms with Crippen LogP contribution in [0.25, 0.3) is 54.9 Å². The van der Waals surface area contributed by atoms with Crippen molar-refractivity contribution in [3.63, 3.8) is 0 Å². The lowest BCUT2D eigenvalue weighted by atomic mass is 9.78. The van der Waals surface area contributed by atoms with Crippen molar-refractivity contribution >= 4 is 42.8 Å². The summed E-state index contributed by atoms with van der Waals surface area (Å²) in [6.07, 6.45) is 5.35. The fraction of sp³-hybridized carbons (Fsp3) is 0.364. The minimum absolute atomic E-state index is 0. The van der Waals surface area contributed by atoms with Gasteiger partial charge in [-0.2, -0.15) is 0 Å². The van der Waals surface area contributed by atoms with Crippen LogP contribution in [0.5, 0.6) is 11.5 Å². The zero-order valence-electron chi connectivity index (χ0n) is 53.8. The molecule has 8 nitrogen and oxygen atoms in total. The molecule has 2 N–H and O–H groups in total. The lowest BCUT2D eigenvalue weighted by molar-refractivity contribution is 0.00578. The van der Waals surface area contributed by atoms with Crippen LogP contribution in [-0.4, -0.2) is 34.6 Å². The molecule has 2 aliphatic rings. The monoisotopic (exact) mass is 1190 g/mol. The van der Waals surface area contributed by atoms with Crippen LogP contribution in [0.4, 0.5) is 0 Å². The second-order valence-corrected chi connectivity index (χ2v) is 26.9. The summed E-state index contributed by atoms with van der Waals surface area (Å²) in [6.45, 7) is 42.2. The van der Waals surface area contributed by atoms with Gasteiger partial charge in [0.1, 0.15) is 17.8 Å². The van der Waals surface area contributed by atoms with Gasteiger partial charge in [-0.25, -0.2) is 4.57 Å². The Balaban J connectivity index is 0.000000304. The highest BCUT2D eigenvalue weighted by molar-refractivity contribution is 7.48. The Morgan fingerprint density at radius 3 is 1.17 bits per heavy atom. The van der Waals surface area contributed by atoms with Crippen molar-refractivity contribution in [2.75, 3.05) is 0 Å². The topological polar surface area (TPSA) is 112 Å². The summed E-state index contributed by atoms with van der Waals surface area (Å²) in [5, 5.41) is 13.4. The number of rotatable bonds is 14. The first-order chi connectivity index (χ1) is 40.6. The zero-order chi connectivity index (χ0) is 63.0. The van der Waals surface area contributed by atoms with E-state index in [2.05, 4.69) is 197 Å². The molecule has 0 aliphatic carbocycles. The molecule has 2 heterocycles. The van der Waals surface area contributed by atoms with Crippen LogP contribution < -0.4 is 9.05 Å². The molecule has 0 aromatic heterocycles. The van der Waals surface area contributed by atoms with Crippen molar-refractivity contribution in [2.24, 2.45) is 0 Å². The van der Waals surface area contributed by atoms with Crippen molar-refractivity contribution in [3.8, 4) is 44.9 Å². The van der Waals surface area contributed by atoms with Gasteiger partial charge in [-0.05, 0) is 153 Å². The maximum Gasteiger partial charge on any atom is 0.584 e. The quantitative estimate of drug-likeness (QED) is 0.0479. The Morgan fingerprint density at radius 1 is 0.494 bits per heavy atom. The third-order valence-electron chi connectivity index (χ3n) is 16.6. The first-order valence-corrected chi connectivity index (χ1v) is 32.2. The van der Waals surface area contributed by atoms with E-state index in [1.165, 1.54) is 33.4 Å². The van der Waals surface area contributed by atoms with Crippen LogP contribution in [0, 0.1) is 0 Å². The Bertz CT molecular complexity index is 3460.